The molecule has 7 amide bonds. The summed E-state index contributed by atoms with van der Waals surface area (Å²) in [4.78, 5) is 207. The van der Waals surface area contributed by atoms with Gasteiger partial charge in [-0.25, -0.2) is 34.3 Å². The number of aromatic nitrogens is 8. The van der Waals surface area contributed by atoms with Gasteiger partial charge in [0.2, 0.25) is 35.5 Å². The Kier molecular flexibility index (Phi) is 30.9. The minimum atomic E-state index is -4.70. The number of benzene rings is 3. The Hall–Kier alpha value is -13.1. The van der Waals surface area contributed by atoms with E-state index in [0.717, 1.165) is 39.4 Å². The number of carboxylic acids is 2. The summed E-state index contributed by atoms with van der Waals surface area (Å²) in [5.74, 6) is -16.3. The maximum atomic E-state index is 15.7. The van der Waals surface area contributed by atoms with Gasteiger partial charge in [0.15, 0.2) is 28.5 Å². The van der Waals surface area contributed by atoms with Crippen LogP contribution in [-0.2, 0) is 69.1 Å². The van der Waals surface area contributed by atoms with Crippen molar-refractivity contribution in [1.29, 1.82) is 0 Å². The van der Waals surface area contributed by atoms with Gasteiger partial charge in [-0.15, -0.1) is 0 Å². The van der Waals surface area contributed by atoms with E-state index >= 15 is 4.57 Å². The number of nitrogens with one attached hydrogen (secondary N) is 11. The third kappa shape index (κ3) is 23.5. The number of amides is 7. The molecule has 16 N–H and O–H groups in total. The molecule has 2 aliphatic heterocycles. The number of nitrogens with two attached hydrogens (primary N) is 1. The molecule has 0 saturated carbocycles. The van der Waals surface area contributed by atoms with Crippen molar-refractivity contribution in [3.05, 3.63) is 182 Å². The minimum Gasteiger partial charge on any atom is -0.480 e. The van der Waals surface area contributed by atoms with E-state index < -0.39 is 180 Å². The second-order valence-electron chi connectivity index (χ2n) is 29.8. The van der Waals surface area contributed by atoms with Crippen molar-refractivity contribution >= 4 is 155 Å². The first-order chi connectivity index (χ1) is 60.0. The lowest BCUT2D eigenvalue weighted by molar-refractivity contribution is -0.142. The molecule has 2 unspecified atom stereocenters. The normalized spacial score (nSPS) is 16.2. The molecule has 7 heterocycles. The van der Waals surface area contributed by atoms with Crippen LogP contribution >= 0.6 is 29.2 Å². The molecule has 0 saturated heterocycles. The van der Waals surface area contributed by atoms with Crippen molar-refractivity contribution in [2.45, 2.75) is 153 Å². The summed E-state index contributed by atoms with van der Waals surface area (Å²) in [5.41, 5.74) is 16.6. The summed E-state index contributed by atoms with van der Waals surface area (Å²) >= 11 is 0. The van der Waals surface area contributed by atoms with Crippen molar-refractivity contribution in [2.24, 2.45) is 0 Å². The summed E-state index contributed by atoms with van der Waals surface area (Å²) in [6.45, 7) is 10.2. The molecule has 9 atom stereocenters. The molecule has 0 fully saturated rings. The number of carboxylic acid groups (broad SMARTS) is 2. The number of H-pyrrole nitrogens is 3. The largest absolute Gasteiger partial charge is 0.480 e. The van der Waals surface area contributed by atoms with E-state index in [9.17, 15) is 85.5 Å². The number of hydrogen-bond donors (Lipinski definition) is 15. The second-order valence-corrected chi connectivity index (χ2v) is 36.0. The van der Waals surface area contributed by atoms with E-state index in [1.165, 1.54) is 68.8 Å². The Morgan fingerprint density at radius 2 is 1.32 bits per heavy atom. The van der Waals surface area contributed by atoms with E-state index in [1.807, 2.05) is 26.0 Å². The molecule has 3 aromatic carbocycles. The van der Waals surface area contributed by atoms with Crippen LogP contribution in [-0.4, -0.2) is 195 Å². The number of ether oxygens (including phenoxy) is 2. The molecule has 3 aliphatic rings. The van der Waals surface area contributed by atoms with E-state index in [4.69, 9.17) is 34.2 Å². The summed E-state index contributed by atoms with van der Waals surface area (Å²) in [5, 5.41) is 35.0. The maximum Gasteiger partial charge on any atom is 0.452 e. The molecule has 8 bridgehead atoms. The average Bonchev–Trinajstić information content (AvgIpc) is 1.56. The number of esters is 1. The number of hydrazine groups is 1. The molecule has 0 spiro atoms. The van der Waals surface area contributed by atoms with Crippen LogP contribution in [0.2, 0.25) is 0 Å². The lowest BCUT2D eigenvalue weighted by Crippen LogP contribution is -2.54. The monoisotopic (exact) mass is 1810 g/mol. The predicted molar refractivity (Wildman–Crippen MR) is 462 cm³/mol. The van der Waals surface area contributed by atoms with Gasteiger partial charge in [0.25, 0.3) is 21.6 Å². The molecule has 40 nitrogen and oxygen atoms in total. The summed E-state index contributed by atoms with van der Waals surface area (Å²) in [7, 11) is -6.27. The number of nitrogen functional groups attached to an aromatic ring is 1. The fourth-order valence-corrected chi connectivity index (χ4v) is 18.9. The van der Waals surface area contributed by atoms with Gasteiger partial charge in [-0.2, -0.15) is 13.4 Å². The van der Waals surface area contributed by atoms with Crippen LogP contribution in [0.4, 0.5) is 16.4 Å². The van der Waals surface area contributed by atoms with Gasteiger partial charge in [-0.1, -0.05) is 78.8 Å². The smallest absolute Gasteiger partial charge is 0.452 e. The van der Waals surface area contributed by atoms with E-state index in [2.05, 4.69) is 86.5 Å². The van der Waals surface area contributed by atoms with E-state index in [-0.39, 0.29) is 94.7 Å². The number of carbonyl (C=O) groups excluding carboxylic acids is 10. The van der Waals surface area contributed by atoms with Gasteiger partial charge in [-0.05, 0) is 124 Å². The Morgan fingerprint density at radius 1 is 0.683 bits per heavy atom. The van der Waals surface area contributed by atoms with Crippen molar-refractivity contribution in [3.8, 4) is 11.5 Å². The number of carbonyl (C=O) groups is 12. The van der Waals surface area contributed by atoms with Crippen LogP contribution in [0.3, 0.4) is 0 Å². The molecule has 11 rings (SSSR count). The first-order valence-electron chi connectivity index (χ1n) is 39.7. The maximum absolute atomic E-state index is 15.7. The van der Waals surface area contributed by atoms with E-state index in [0.29, 0.717) is 61.5 Å². The first-order valence-corrected chi connectivity index (χ1v) is 45.4. The fraction of sp³-hybridized carbons (Fsp3) is 0.366. The molecule has 8 aromatic rings. The highest BCUT2D eigenvalue weighted by Gasteiger charge is 2.47. The summed E-state index contributed by atoms with van der Waals surface area (Å²) in [6, 6.07) is 21.8. The summed E-state index contributed by atoms with van der Waals surface area (Å²) in [6.07, 6.45) is -2.63. The van der Waals surface area contributed by atoms with Crippen LogP contribution in [0.5, 0.6) is 11.5 Å². The highest BCUT2D eigenvalue weighted by atomic mass is 33.1. The lowest BCUT2D eigenvalue weighted by Gasteiger charge is -2.28. The number of Topliss-reactive ketones (excluding diaryl/α,β-unsaturated/α-hetero) is 2. The standard InChI is InChI=1S/C82H92N17O23PS3/c1-8-50-40(2)53-35-58-66(44(6)100)42(4)55(89-58)33-54-41(3)51(70(91-54)68-69(80(113)119-7)73(105)67-43(5)56(92-71(67)68)34-57(50)88-53)23-25-62(102)95-65(123(115,121-48-15-11-9-12-16-48)122-49-17-13-10-14-18-49)28-27-63(103)98-99-82(114)120-30-31-124-125-39-60(79(111)112)94-76(107)59(36-64(104)84-29-32-126(116,117)118)90-61(101)26-24-52(78(109)110)93-75(106)45-19-21-46(22-20-45)85-37-47-38-86-74-72(87-47)77(108)97-81(83)96-74/h9-22,33-35,38,40-41,50-52,59-60,65,69,85,89,92H,8,23-32,36-37,39H2,1-7H3,(H,84,104)(H,90,101)(H,93,106)(H,94,107)(H,95,102)(H,98,103)(H,99,114)(H,109,110)(H,111,112)(H,116,117,118)(H3,83,86,96,97,108)/t40-,41+,50-,51+,52+,59+,60+,65?,69?/m1/s1. The van der Waals surface area contributed by atoms with Crippen LogP contribution in [0.15, 0.2) is 114 Å². The van der Waals surface area contributed by atoms with Gasteiger partial charge >= 0.3 is 31.6 Å². The number of aliphatic carboxylic acids is 2. The topological polar surface area (TPSA) is 605 Å². The SMILES string of the molecule is CC[C@H]1c2cc3[nH]c4c(c3C)C(=O)C(C(=O)OC)c4c3nc(cc4[nH]c(cc(n2)[C@@H]1C)c(C(C)=O)c4C)[C@@H](C)[C@@H]3CCC(=O)NC(CCC(=O)NNC(=O)OCCSSC[C@H](NC(=O)[C@H](CC(=O)NCCS(=O)(=O)O)NC(=O)CC[C@H](NC(=O)c1ccc(NCc2cnc3nc(N)[nH]c(=O)c3n2)cc1)C(=O)O)C(=O)O)P(=O)(Oc1ccccc1)Oc1ccccc1. The van der Waals surface area contributed by atoms with Crippen LogP contribution in [0.1, 0.15) is 185 Å². The zero-order valence-corrected chi connectivity index (χ0v) is 72.3. The molecule has 44 heteroatoms. The molecule has 126 heavy (non-hydrogen) atoms. The number of aromatic amines is 3. The number of anilines is 2. The van der Waals surface area contributed by atoms with Gasteiger partial charge in [-0.3, -0.25) is 72.9 Å². The van der Waals surface area contributed by atoms with E-state index in [1.54, 1.807) is 49.4 Å². The number of rotatable bonds is 39. The molecule has 666 valence electrons. The van der Waals surface area contributed by atoms with Gasteiger partial charge in [0.1, 0.15) is 42.1 Å². The van der Waals surface area contributed by atoms with Crippen LogP contribution in [0.25, 0.3) is 33.2 Å². The first kappa shape index (κ1) is 93.6. The highest BCUT2D eigenvalue weighted by molar-refractivity contribution is 8.76. The summed E-state index contributed by atoms with van der Waals surface area (Å²) < 4.78 is 70.5. The zero-order chi connectivity index (χ0) is 91.0. The Labute approximate surface area is 726 Å². The van der Waals surface area contributed by atoms with Gasteiger partial charge < -0.3 is 76.3 Å². The van der Waals surface area contributed by atoms with Crippen LogP contribution in [0, 0.1) is 13.8 Å². The van der Waals surface area contributed by atoms with Crippen molar-refractivity contribution < 1.29 is 104 Å². The number of ketones is 2. The molecule has 0 radical (unpaired) electrons. The predicted octanol–water partition coefficient (Wildman–Crippen LogP) is 7.60. The Morgan fingerprint density at radius 3 is 1.97 bits per heavy atom. The number of para-hydroxylation sites is 2. The van der Waals surface area contributed by atoms with Crippen molar-refractivity contribution in [3.63, 3.8) is 0 Å². The quantitative estimate of drug-likeness (QED) is 0.00258. The molecular weight excluding hydrogens is 1720 g/mol. The van der Waals surface area contributed by atoms with Crippen LogP contribution < -0.4 is 63.1 Å². The number of hydrogen-bond acceptors (Lipinski definition) is 29. The number of nitrogens with zero attached hydrogens (tertiary/aromatic N) is 5. The second kappa shape index (κ2) is 41.6. The van der Waals surface area contributed by atoms with Gasteiger partial charge in [0.05, 0.1) is 54.4 Å². The third-order valence-electron chi connectivity index (χ3n) is 21.2. The average molecular weight is 1810 g/mol. The highest BCUT2D eigenvalue weighted by Crippen LogP contribution is 2.54. The van der Waals surface area contributed by atoms with Crippen molar-refractivity contribution in [1.82, 2.24) is 77.3 Å². The number of methoxy groups -OCH3 is 1. The number of fused-ring (bicyclic) bond motifs is 9. The lowest BCUT2D eigenvalue weighted by atomic mass is 9.84. The fourth-order valence-electron chi connectivity index (χ4n) is 14.7. The van der Waals surface area contributed by atoms with Crippen molar-refractivity contribution in [2.75, 3.05) is 48.6 Å². The molecular formula is C82H92N17O23PS3. The van der Waals surface area contributed by atoms with Gasteiger partial charge in [0, 0.05) is 117 Å². The third-order valence-corrected chi connectivity index (χ3v) is 26.3. The molecule has 1 aliphatic carbocycles. The Bertz CT molecular complexity index is 5920. The number of aryl methyl sites for hydroxylation is 2. The Balaban J connectivity index is 0.710. The molecule has 5 aromatic heterocycles. The minimum absolute atomic E-state index is 0.000330. The zero-order valence-electron chi connectivity index (χ0n) is 69.0.